The number of carbonyl (C=O) groups is 3. The van der Waals surface area contributed by atoms with E-state index in [1.807, 2.05) is 26.8 Å². The molecule has 8 nitrogen and oxygen atoms in total. The highest BCUT2D eigenvalue weighted by molar-refractivity contribution is 6.09. The first-order valence-electron chi connectivity index (χ1n) is 10.1. The Bertz CT molecular complexity index is 959. The minimum Gasteiger partial charge on any atom is -0.344 e. The van der Waals surface area contributed by atoms with Gasteiger partial charge in [0.15, 0.2) is 0 Å². The summed E-state index contributed by atoms with van der Waals surface area (Å²) >= 11 is 0. The highest BCUT2D eigenvalue weighted by Crippen LogP contribution is 2.32. The molecule has 3 heterocycles. The molecule has 1 aliphatic heterocycles. The second kappa shape index (κ2) is 9.02. The van der Waals surface area contributed by atoms with E-state index < -0.39 is 12.1 Å². The molecule has 30 heavy (non-hydrogen) atoms. The molecule has 3 rings (SSSR count). The van der Waals surface area contributed by atoms with Crippen molar-refractivity contribution in [2.45, 2.75) is 52.6 Å². The lowest BCUT2D eigenvalue weighted by atomic mass is 10.0. The quantitative estimate of drug-likeness (QED) is 0.761. The van der Waals surface area contributed by atoms with Crippen LogP contribution in [0.2, 0.25) is 0 Å². The molecular weight excluding hydrogens is 382 g/mol. The van der Waals surface area contributed by atoms with Gasteiger partial charge >= 0.3 is 0 Å². The number of hydrogen-bond acceptors (Lipinski definition) is 5. The number of fused-ring (bicyclic) bond motifs is 1. The molecule has 2 aromatic heterocycles. The van der Waals surface area contributed by atoms with Gasteiger partial charge < -0.3 is 10.6 Å². The monoisotopic (exact) mass is 409 g/mol. The second-order valence-corrected chi connectivity index (χ2v) is 7.74. The maximum Gasteiger partial charge on any atom is 0.251 e. The van der Waals surface area contributed by atoms with Crippen LogP contribution in [0.15, 0.2) is 36.8 Å². The molecule has 0 aromatic carbocycles. The van der Waals surface area contributed by atoms with Crippen molar-refractivity contribution in [3.8, 4) is 0 Å². The van der Waals surface area contributed by atoms with Crippen LogP contribution in [0.25, 0.3) is 0 Å². The van der Waals surface area contributed by atoms with Crippen molar-refractivity contribution in [3.63, 3.8) is 0 Å². The van der Waals surface area contributed by atoms with Gasteiger partial charge in [0.2, 0.25) is 11.8 Å². The predicted octanol–water partition coefficient (Wildman–Crippen LogP) is 2.23. The molecule has 0 aliphatic carbocycles. The van der Waals surface area contributed by atoms with E-state index in [9.17, 15) is 14.4 Å². The van der Waals surface area contributed by atoms with Gasteiger partial charge in [0.1, 0.15) is 17.9 Å². The van der Waals surface area contributed by atoms with Gasteiger partial charge in [0.25, 0.3) is 5.91 Å². The molecule has 0 radical (unpaired) electrons. The maximum atomic E-state index is 13.5. The smallest absolute Gasteiger partial charge is 0.251 e. The molecular formula is C22H27N5O3. The summed E-state index contributed by atoms with van der Waals surface area (Å²) in [6, 6.07) is 3.94. The Morgan fingerprint density at radius 1 is 1.23 bits per heavy atom. The van der Waals surface area contributed by atoms with E-state index in [1.54, 1.807) is 37.6 Å². The SMILES string of the molecule is CCC(=O)NC(C(=O)N1c2ncccc2CC1C(=O)Nc1cnccc1C)C(C)C. The van der Waals surface area contributed by atoms with Gasteiger partial charge in [-0.25, -0.2) is 4.98 Å². The number of rotatable bonds is 6. The Morgan fingerprint density at radius 3 is 2.67 bits per heavy atom. The second-order valence-electron chi connectivity index (χ2n) is 7.74. The fraction of sp³-hybridized carbons (Fsp3) is 0.409. The van der Waals surface area contributed by atoms with Crippen LogP contribution in [-0.2, 0) is 20.8 Å². The van der Waals surface area contributed by atoms with E-state index in [1.165, 1.54) is 4.90 Å². The molecule has 2 aromatic rings. The number of carbonyl (C=O) groups excluding carboxylic acids is 3. The first-order chi connectivity index (χ1) is 14.3. The number of nitrogens with one attached hydrogen (secondary N) is 2. The molecule has 2 atom stereocenters. The normalized spacial score (nSPS) is 16.2. The summed E-state index contributed by atoms with van der Waals surface area (Å²) < 4.78 is 0. The highest BCUT2D eigenvalue weighted by Gasteiger charge is 2.42. The van der Waals surface area contributed by atoms with Crippen molar-refractivity contribution < 1.29 is 14.4 Å². The van der Waals surface area contributed by atoms with Crippen LogP contribution >= 0.6 is 0 Å². The van der Waals surface area contributed by atoms with Gasteiger partial charge in [-0.15, -0.1) is 0 Å². The molecule has 158 valence electrons. The van der Waals surface area contributed by atoms with Gasteiger partial charge in [-0.3, -0.25) is 24.3 Å². The van der Waals surface area contributed by atoms with Crippen molar-refractivity contribution in [3.05, 3.63) is 47.9 Å². The zero-order valence-electron chi connectivity index (χ0n) is 17.7. The molecule has 3 amide bonds. The van der Waals surface area contributed by atoms with Gasteiger partial charge in [-0.1, -0.05) is 26.8 Å². The fourth-order valence-electron chi connectivity index (χ4n) is 3.47. The summed E-state index contributed by atoms with van der Waals surface area (Å²) in [5.41, 5.74) is 2.29. The topological polar surface area (TPSA) is 104 Å². The number of aryl methyl sites for hydroxylation is 1. The maximum absolute atomic E-state index is 13.5. The Balaban J connectivity index is 1.93. The Hall–Kier alpha value is -3.29. The van der Waals surface area contributed by atoms with E-state index in [0.29, 0.717) is 17.9 Å². The molecule has 0 spiro atoms. The summed E-state index contributed by atoms with van der Waals surface area (Å²) in [4.78, 5) is 48.5. The number of hydrogen-bond donors (Lipinski definition) is 2. The molecule has 8 heteroatoms. The number of nitrogens with zero attached hydrogens (tertiary/aromatic N) is 3. The van der Waals surface area contributed by atoms with E-state index in [2.05, 4.69) is 20.6 Å². The van der Waals surface area contributed by atoms with Crippen molar-refractivity contribution in [2.24, 2.45) is 5.92 Å². The lowest BCUT2D eigenvalue weighted by molar-refractivity contribution is -0.129. The predicted molar refractivity (Wildman–Crippen MR) is 114 cm³/mol. The average molecular weight is 409 g/mol. The molecule has 2 N–H and O–H groups in total. The largest absolute Gasteiger partial charge is 0.344 e. The summed E-state index contributed by atoms with van der Waals surface area (Å²) in [5.74, 6) is -0.560. The Kier molecular flexibility index (Phi) is 6.44. The van der Waals surface area contributed by atoms with E-state index in [-0.39, 0.29) is 30.1 Å². The van der Waals surface area contributed by atoms with Crippen molar-refractivity contribution in [2.75, 3.05) is 10.2 Å². The number of aromatic nitrogens is 2. The molecule has 2 unspecified atom stereocenters. The minimum atomic E-state index is -0.762. The van der Waals surface area contributed by atoms with E-state index >= 15 is 0 Å². The first-order valence-corrected chi connectivity index (χ1v) is 10.1. The Morgan fingerprint density at radius 2 is 2.00 bits per heavy atom. The number of anilines is 2. The summed E-state index contributed by atoms with van der Waals surface area (Å²) in [6.07, 6.45) is 5.46. The summed E-state index contributed by atoms with van der Waals surface area (Å²) in [7, 11) is 0. The van der Waals surface area contributed by atoms with Crippen molar-refractivity contribution in [1.82, 2.24) is 15.3 Å². The zero-order valence-corrected chi connectivity index (χ0v) is 17.7. The van der Waals surface area contributed by atoms with Gasteiger partial charge in [0.05, 0.1) is 11.9 Å². The van der Waals surface area contributed by atoms with Crippen LogP contribution < -0.4 is 15.5 Å². The summed E-state index contributed by atoms with van der Waals surface area (Å²) in [6.45, 7) is 7.33. The summed E-state index contributed by atoms with van der Waals surface area (Å²) in [5, 5.41) is 5.67. The first kappa shape index (κ1) is 21.4. The molecule has 0 saturated heterocycles. The average Bonchev–Trinajstić information content (AvgIpc) is 3.12. The molecule has 0 fully saturated rings. The molecule has 1 aliphatic rings. The van der Waals surface area contributed by atoms with Crippen LogP contribution in [0.4, 0.5) is 11.5 Å². The molecule has 0 saturated carbocycles. The number of amides is 3. The minimum absolute atomic E-state index is 0.148. The standard InChI is InChI=1S/C22H27N5O3/c1-5-18(28)26-19(13(2)3)22(30)27-17(11-15-7-6-9-24-20(15)27)21(29)25-16-12-23-10-8-14(16)4/h6-10,12-13,17,19H,5,11H2,1-4H3,(H,25,29)(H,26,28). The van der Waals surface area contributed by atoms with Crippen LogP contribution in [0, 0.1) is 12.8 Å². The zero-order chi connectivity index (χ0) is 21.8. The third kappa shape index (κ3) is 4.32. The van der Waals surface area contributed by atoms with E-state index in [0.717, 1.165) is 11.1 Å². The fourth-order valence-corrected chi connectivity index (χ4v) is 3.47. The van der Waals surface area contributed by atoms with Crippen LogP contribution in [0.3, 0.4) is 0 Å². The van der Waals surface area contributed by atoms with Crippen molar-refractivity contribution >= 4 is 29.2 Å². The number of pyridine rings is 2. The van der Waals surface area contributed by atoms with Crippen molar-refractivity contribution in [1.29, 1.82) is 0 Å². The highest BCUT2D eigenvalue weighted by atomic mass is 16.2. The van der Waals surface area contributed by atoms with E-state index in [4.69, 9.17) is 0 Å². The van der Waals surface area contributed by atoms with Crippen LogP contribution in [-0.4, -0.2) is 39.8 Å². The third-order valence-corrected chi connectivity index (χ3v) is 5.23. The van der Waals surface area contributed by atoms with Crippen LogP contribution in [0.5, 0.6) is 0 Å². The third-order valence-electron chi connectivity index (χ3n) is 5.23. The molecule has 0 bridgehead atoms. The lowest BCUT2D eigenvalue weighted by Gasteiger charge is -2.30. The Labute approximate surface area is 176 Å². The van der Waals surface area contributed by atoms with Gasteiger partial charge in [-0.05, 0) is 36.1 Å². The van der Waals surface area contributed by atoms with Gasteiger partial charge in [-0.2, -0.15) is 0 Å². The lowest BCUT2D eigenvalue weighted by Crippen LogP contribution is -2.55. The van der Waals surface area contributed by atoms with Crippen LogP contribution in [0.1, 0.15) is 38.3 Å². The van der Waals surface area contributed by atoms with Gasteiger partial charge in [0, 0.05) is 25.2 Å².